The van der Waals surface area contributed by atoms with E-state index in [1.165, 1.54) is 0 Å². The number of rotatable bonds is 4. The minimum atomic E-state index is 0.444. The van der Waals surface area contributed by atoms with Gasteiger partial charge >= 0.3 is 0 Å². The second kappa shape index (κ2) is 6.14. The van der Waals surface area contributed by atoms with Crippen molar-refractivity contribution >= 4 is 10.2 Å². The van der Waals surface area contributed by atoms with Gasteiger partial charge in [0.05, 0.1) is 0 Å². The molecular weight excluding hydrogens is 108 g/mol. The molecule has 0 bridgehead atoms. The molecule has 0 heterocycles. The summed E-state index contributed by atoms with van der Waals surface area (Å²) < 4.78 is 9.72. The predicted octanol–water partition coefficient (Wildman–Crippen LogP) is -0.412. The van der Waals surface area contributed by atoms with Crippen molar-refractivity contribution in [2.75, 3.05) is 19.6 Å². The topological polar surface area (TPSA) is 18.5 Å². The number of hydrogen-bond donors (Lipinski definition) is 0. The maximum absolute atomic E-state index is 4.86. The van der Waals surface area contributed by atoms with Gasteiger partial charge in [-0.2, -0.15) is 0 Å². The Hall–Kier alpha value is 0.137. The lowest BCUT2D eigenvalue weighted by Gasteiger charge is -1.97. The second-order valence-electron chi connectivity index (χ2n) is 1.02. The van der Waals surface area contributed by atoms with E-state index in [4.69, 9.17) is 9.47 Å². The molecule has 0 spiro atoms. The van der Waals surface area contributed by atoms with E-state index in [0.717, 1.165) is 12.8 Å². The monoisotopic (exact) mass is 119 g/mol. The lowest BCUT2D eigenvalue weighted by molar-refractivity contribution is -0.0327. The highest BCUT2D eigenvalue weighted by molar-refractivity contribution is 6.08. The summed E-state index contributed by atoms with van der Waals surface area (Å²) in [5, 5.41) is 0. The van der Waals surface area contributed by atoms with Crippen LogP contribution in [-0.4, -0.2) is 29.9 Å². The fraction of sp³-hybridized carbons (Fsp3) is 1.00. The summed E-state index contributed by atoms with van der Waals surface area (Å²) in [6, 6.07) is 0. The van der Waals surface area contributed by atoms with Gasteiger partial charge in [0.15, 0.2) is 0 Å². The third kappa shape index (κ3) is 6.14. The highest BCUT2D eigenvalue weighted by Gasteiger charge is 1.76. The van der Waals surface area contributed by atoms with Crippen LogP contribution in [0.1, 0.15) is 6.92 Å². The molecule has 0 atom stereocenters. The van der Waals surface area contributed by atoms with Crippen LogP contribution in [0.5, 0.6) is 0 Å². The maximum atomic E-state index is 4.86. The molecular formula is C4H11O2Si. The molecule has 0 saturated carbocycles. The third-order valence-electron chi connectivity index (χ3n) is 0.515. The lowest BCUT2D eigenvalue weighted by atomic mass is 10.9. The molecule has 3 heteroatoms. The van der Waals surface area contributed by atoms with Gasteiger partial charge in [0.1, 0.15) is 6.79 Å². The Balaban J connectivity index is 2.45. The molecule has 0 fully saturated rings. The van der Waals surface area contributed by atoms with Gasteiger partial charge in [-0.25, -0.2) is 0 Å². The van der Waals surface area contributed by atoms with Crippen LogP contribution in [0.4, 0.5) is 0 Å². The normalized spacial score (nSPS) is 9.43. The summed E-state index contributed by atoms with van der Waals surface area (Å²) >= 11 is 0. The summed E-state index contributed by atoms with van der Waals surface area (Å²) in [4.78, 5) is 0. The first-order chi connectivity index (χ1) is 3.41. The molecule has 0 unspecified atom stereocenters. The zero-order valence-electron chi connectivity index (χ0n) is 4.64. The van der Waals surface area contributed by atoms with Crippen LogP contribution < -0.4 is 0 Å². The summed E-state index contributed by atoms with van der Waals surface area (Å²) in [5.74, 6) is 0. The second-order valence-corrected chi connectivity index (χ2v) is 1.43. The van der Waals surface area contributed by atoms with Gasteiger partial charge in [-0.3, -0.25) is 0 Å². The molecule has 0 N–H and O–H groups in total. The van der Waals surface area contributed by atoms with Gasteiger partial charge in [-0.15, -0.1) is 0 Å². The van der Waals surface area contributed by atoms with Crippen LogP contribution in [0, 0.1) is 0 Å². The van der Waals surface area contributed by atoms with Crippen LogP contribution in [0.3, 0.4) is 0 Å². The Kier molecular flexibility index (Phi) is 6.26. The fourth-order valence-electron chi connectivity index (χ4n) is 0.201. The minimum Gasteiger partial charge on any atom is -0.360 e. The SMILES string of the molecule is CCOCOC[SiH2]. The number of ether oxygens (including phenoxy) is 2. The van der Waals surface area contributed by atoms with Crippen molar-refractivity contribution in [2.45, 2.75) is 6.92 Å². The molecule has 0 aliphatic heterocycles. The molecule has 0 aromatic carbocycles. The van der Waals surface area contributed by atoms with Gasteiger partial charge < -0.3 is 9.47 Å². The van der Waals surface area contributed by atoms with Crippen LogP contribution >= 0.6 is 0 Å². The number of hydrogen-bond acceptors (Lipinski definition) is 2. The minimum absolute atomic E-state index is 0.444. The van der Waals surface area contributed by atoms with Gasteiger partial charge in [0.2, 0.25) is 0 Å². The lowest BCUT2D eigenvalue weighted by Crippen LogP contribution is -1.99. The van der Waals surface area contributed by atoms with E-state index >= 15 is 0 Å². The molecule has 0 amide bonds. The molecule has 7 heavy (non-hydrogen) atoms. The smallest absolute Gasteiger partial charge is 0.146 e. The van der Waals surface area contributed by atoms with Crippen molar-refractivity contribution < 1.29 is 9.47 Å². The summed E-state index contributed by atoms with van der Waals surface area (Å²) in [7, 11) is 1.78. The maximum Gasteiger partial charge on any atom is 0.146 e. The fourth-order valence-corrected chi connectivity index (χ4v) is 0.319. The van der Waals surface area contributed by atoms with Crippen LogP contribution in [0.15, 0.2) is 0 Å². The van der Waals surface area contributed by atoms with Crippen molar-refractivity contribution in [3.05, 3.63) is 0 Å². The van der Waals surface area contributed by atoms with Gasteiger partial charge in [0.25, 0.3) is 0 Å². The molecule has 0 saturated heterocycles. The van der Waals surface area contributed by atoms with Crippen molar-refractivity contribution in [2.24, 2.45) is 0 Å². The standard InChI is InChI=1S/C4H11O2Si/c1-2-5-3-6-4-7/h2-4,7H2,1H3. The van der Waals surface area contributed by atoms with E-state index in [-0.39, 0.29) is 0 Å². The van der Waals surface area contributed by atoms with E-state index in [1.807, 2.05) is 6.92 Å². The van der Waals surface area contributed by atoms with Crippen molar-refractivity contribution in [1.82, 2.24) is 0 Å². The first kappa shape index (κ1) is 7.14. The van der Waals surface area contributed by atoms with E-state index < -0.39 is 0 Å². The molecule has 0 rings (SSSR count). The zero-order valence-corrected chi connectivity index (χ0v) is 6.06. The van der Waals surface area contributed by atoms with E-state index in [9.17, 15) is 0 Å². The zero-order chi connectivity index (χ0) is 5.54. The van der Waals surface area contributed by atoms with E-state index in [0.29, 0.717) is 6.79 Å². The summed E-state index contributed by atoms with van der Waals surface area (Å²) in [6.45, 7) is 3.13. The summed E-state index contributed by atoms with van der Waals surface area (Å²) in [5.41, 5.74) is 0. The predicted molar refractivity (Wildman–Crippen MR) is 31.0 cm³/mol. The third-order valence-corrected chi connectivity index (χ3v) is 0.804. The Morgan fingerprint density at radius 2 is 2.14 bits per heavy atom. The Morgan fingerprint density at radius 3 is 2.57 bits per heavy atom. The molecule has 43 valence electrons. The molecule has 0 aliphatic carbocycles. The van der Waals surface area contributed by atoms with Gasteiger partial charge in [0, 0.05) is 23.1 Å². The largest absolute Gasteiger partial charge is 0.360 e. The van der Waals surface area contributed by atoms with Crippen LogP contribution in [-0.2, 0) is 9.47 Å². The van der Waals surface area contributed by atoms with E-state index in [1.54, 1.807) is 10.2 Å². The van der Waals surface area contributed by atoms with Gasteiger partial charge in [-0.1, -0.05) is 0 Å². The van der Waals surface area contributed by atoms with Crippen molar-refractivity contribution in [3.63, 3.8) is 0 Å². The molecule has 0 aliphatic rings. The average Bonchev–Trinajstić information content (AvgIpc) is 1.69. The van der Waals surface area contributed by atoms with Crippen LogP contribution in [0.2, 0.25) is 0 Å². The molecule has 1 radical (unpaired) electrons. The quantitative estimate of drug-likeness (QED) is 0.284. The van der Waals surface area contributed by atoms with Crippen molar-refractivity contribution in [1.29, 1.82) is 0 Å². The molecule has 0 aromatic heterocycles. The highest BCUT2D eigenvalue weighted by Crippen LogP contribution is 1.72. The molecule has 0 aromatic rings. The Morgan fingerprint density at radius 1 is 1.43 bits per heavy atom. The molecule has 2 nitrogen and oxygen atoms in total. The highest BCUT2D eigenvalue weighted by atomic mass is 28.1. The Bertz CT molecular complexity index is 28.9. The van der Waals surface area contributed by atoms with Crippen molar-refractivity contribution in [3.8, 4) is 0 Å². The first-order valence-electron chi connectivity index (χ1n) is 2.36. The van der Waals surface area contributed by atoms with E-state index in [2.05, 4.69) is 0 Å². The Labute approximate surface area is 47.2 Å². The average molecular weight is 119 g/mol. The first-order valence-corrected chi connectivity index (χ1v) is 3.36. The summed E-state index contributed by atoms with van der Waals surface area (Å²) in [6.07, 6.45) is 0.764. The van der Waals surface area contributed by atoms with Crippen LogP contribution in [0.25, 0.3) is 0 Å². The van der Waals surface area contributed by atoms with Gasteiger partial charge in [-0.05, 0) is 6.92 Å².